The maximum absolute atomic E-state index is 14.0. The topological polar surface area (TPSA) is 81.2 Å². The van der Waals surface area contributed by atoms with Crippen LogP contribution < -0.4 is 0 Å². The molecule has 0 aliphatic heterocycles. The quantitative estimate of drug-likeness (QED) is 0.166. The third-order valence-electron chi connectivity index (χ3n) is 10.1. The minimum Gasteiger partial charge on any atom is -0.308 e. The molecule has 60 heavy (non-hydrogen) atoms. The van der Waals surface area contributed by atoms with E-state index in [0.717, 1.165) is 24.3 Å². The standard InChI is InChI=1S/C43H17F12N5/c44-40(45,46)25-1-5-34-29(14-25)30-15-26(41(47,48)49)2-6-35(30)59(34)38-12-24(23-10-21(18-56)9-22(11-23)19-57)13-39(33(38)20-58)60-36-7-3-27(42(50,51)52)16-31(36)32-17-28(43(53,54)55)4-8-37(32)60/h1-17H. The molecule has 17 heteroatoms. The van der Waals surface area contributed by atoms with Gasteiger partial charge in [-0.3, -0.25) is 0 Å². The number of alkyl halides is 12. The van der Waals surface area contributed by atoms with E-state index in [2.05, 4.69) is 0 Å². The van der Waals surface area contributed by atoms with E-state index in [-0.39, 0.29) is 82.8 Å². The number of rotatable bonds is 3. The Morgan fingerprint density at radius 2 is 0.633 bits per heavy atom. The first-order valence-electron chi connectivity index (χ1n) is 17.1. The average Bonchev–Trinajstić information content (AvgIpc) is 3.70. The smallest absolute Gasteiger partial charge is 0.308 e. The van der Waals surface area contributed by atoms with Gasteiger partial charge in [-0.2, -0.15) is 68.5 Å². The van der Waals surface area contributed by atoms with Gasteiger partial charge in [-0.05, 0) is 114 Å². The van der Waals surface area contributed by atoms with Crippen molar-refractivity contribution < 1.29 is 52.7 Å². The van der Waals surface area contributed by atoms with E-state index in [1.165, 1.54) is 39.5 Å². The maximum Gasteiger partial charge on any atom is 0.416 e. The normalized spacial score (nSPS) is 12.6. The predicted octanol–water partition coefficient (Wildman–Crippen LogP) is 13.2. The predicted molar refractivity (Wildman–Crippen MR) is 195 cm³/mol. The fourth-order valence-electron chi connectivity index (χ4n) is 7.44. The van der Waals surface area contributed by atoms with Crippen molar-refractivity contribution in [1.82, 2.24) is 9.13 Å². The largest absolute Gasteiger partial charge is 0.416 e. The van der Waals surface area contributed by atoms with Crippen molar-refractivity contribution in [3.8, 4) is 40.7 Å². The maximum atomic E-state index is 14.0. The summed E-state index contributed by atoms with van der Waals surface area (Å²) in [6.07, 6.45) is -19.7. The molecule has 0 unspecified atom stereocenters. The second-order valence-electron chi connectivity index (χ2n) is 13.6. The van der Waals surface area contributed by atoms with Crippen molar-refractivity contribution in [2.45, 2.75) is 24.7 Å². The number of aromatic nitrogens is 2. The monoisotopic (exact) mass is 831 g/mol. The van der Waals surface area contributed by atoms with Crippen LogP contribution in [0, 0.1) is 34.0 Å². The van der Waals surface area contributed by atoms with Crippen LogP contribution in [-0.4, -0.2) is 9.13 Å². The van der Waals surface area contributed by atoms with Gasteiger partial charge in [0.1, 0.15) is 11.6 Å². The highest BCUT2D eigenvalue weighted by atomic mass is 19.4. The van der Waals surface area contributed by atoms with Gasteiger partial charge in [0.05, 0.1) is 79.0 Å². The van der Waals surface area contributed by atoms with Gasteiger partial charge in [0.25, 0.3) is 0 Å². The Hall–Kier alpha value is -7.45. The third-order valence-corrected chi connectivity index (χ3v) is 10.1. The molecular weight excluding hydrogens is 814 g/mol. The van der Waals surface area contributed by atoms with Crippen LogP contribution in [0.4, 0.5) is 52.7 Å². The lowest BCUT2D eigenvalue weighted by molar-refractivity contribution is -0.138. The first-order valence-corrected chi connectivity index (χ1v) is 17.1. The Morgan fingerprint density at radius 3 is 0.883 bits per heavy atom. The molecule has 2 heterocycles. The fourth-order valence-corrected chi connectivity index (χ4v) is 7.44. The molecule has 298 valence electrons. The first kappa shape index (κ1) is 39.4. The zero-order chi connectivity index (χ0) is 43.3. The number of fused-ring (bicyclic) bond motifs is 6. The van der Waals surface area contributed by atoms with Gasteiger partial charge in [0, 0.05) is 21.5 Å². The van der Waals surface area contributed by atoms with Crippen LogP contribution in [0.5, 0.6) is 0 Å². The minimum atomic E-state index is -4.94. The van der Waals surface area contributed by atoms with E-state index in [1.807, 2.05) is 18.2 Å². The molecule has 0 fully saturated rings. The third kappa shape index (κ3) is 6.47. The van der Waals surface area contributed by atoms with Crippen LogP contribution in [0.25, 0.3) is 66.1 Å². The SMILES string of the molecule is N#Cc1cc(C#N)cc(-c2cc(-n3c4ccc(C(F)(F)F)cc4c4cc(C(F)(F)F)ccc43)c(C#N)c(-n3c4ccc(C(F)(F)F)cc4c4cc(C(F)(F)F)ccc43)c2)c1. The molecule has 0 N–H and O–H groups in total. The molecular formula is C43H17F12N5. The molecule has 0 spiro atoms. The highest BCUT2D eigenvalue weighted by Crippen LogP contribution is 2.45. The van der Waals surface area contributed by atoms with E-state index < -0.39 is 47.0 Å². The zero-order valence-corrected chi connectivity index (χ0v) is 29.6. The molecule has 8 rings (SSSR count). The van der Waals surface area contributed by atoms with Gasteiger partial charge in [0.2, 0.25) is 0 Å². The van der Waals surface area contributed by atoms with E-state index >= 15 is 0 Å². The van der Waals surface area contributed by atoms with Crippen molar-refractivity contribution in [3.05, 3.63) is 142 Å². The van der Waals surface area contributed by atoms with E-state index in [9.17, 15) is 68.5 Å². The molecule has 8 aromatic rings. The van der Waals surface area contributed by atoms with Crippen LogP contribution in [0.15, 0.2) is 103 Å². The zero-order valence-electron chi connectivity index (χ0n) is 29.6. The van der Waals surface area contributed by atoms with Crippen molar-refractivity contribution in [3.63, 3.8) is 0 Å². The second-order valence-corrected chi connectivity index (χ2v) is 13.6. The van der Waals surface area contributed by atoms with Crippen molar-refractivity contribution >= 4 is 43.6 Å². The Balaban J connectivity index is 1.57. The number of hydrogen-bond donors (Lipinski definition) is 0. The molecule has 0 bridgehead atoms. The van der Waals surface area contributed by atoms with Crippen molar-refractivity contribution in [2.24, 2.45) is 0 Å². The number of nitriles is 3. The minimum absolute atomic E-state index is 0.0241. The lowest BCUT2D eigenvalue weighted by atomic mass is 9.97. The van der Waals surface area contributed by atoms with E-state index in [0.29, 0.717) is 48.5 Å². The van der Waals surface area contributed by atoms with E-state index in [1.54, 1.807) is 0 Å². The van der Waals surface area contributed by atoms with Crippen LogP contribution in [-0.2, 0) is 24.7 Å². The summed E-state index contributed by atoms with van der Waals surface area (Å²) in [4.78, 5) is 0. The molecule has 0 saturated heterocycles. The summed E-state index contributed by atoms with van der Waals surface area (Å²) in [7, 11) is 0. The number of halogens is 12. The summed E-state index contributed by atoms with van der Waals surface area (Å²) < 4.78 is 171. The van der Waals surface area contributed by atoms with Gasteiger partial charge < -0.3 is 9.13 Å². The summed E-state index contributed by atoms with van der Waals surface area (Å²) >= 11 is 0. The Labute approximate surface area is 328 Å². The highest BCUT2D eigenvalue weighted by molar-refractivity contribution is 6.12. The number of benzene rings is 6. The summed E-state index contributed by atoms with van der Waals surface area (Å²) in [5, 5.41) is 29.3. The Morgan fingerprint density at radius 1 is 0.350 bits per heavy atom. The molecule has 0 atom stereocenters. The Bertz CT molecular complexity index is 2900. The lowest BCUT2D eigenvalue weighted by Crippen LogP contribution is -2.07. The first-order chi connectivity index (χ1) is 28.1. The summed E-state index contributed by atoms with van der Waals surface area (Å²) in [5.41, 5.74) is -5.90. The van der Waals surface area contributed by atoms with Gasteiger partial charge in [-0.25, -0.2) is 0 Å². The van der Waals surface area contributed by atoms with Crippen molar-refractivity contribution in [1.29, 1.82) is 15.8 Å². The number of hydrogen-bond acceptors (Lipinski definition) is 3. The van der Waals surface area contributed by atoms with Gasteiger partial charge in [-0.15, -0.1) is 0 Å². The second kappa shape index (κ2) is 13.3. The molecule has 6 aromatic carbocycles. The average molecular weight is 832 g/mol. The lowest BCUT2D eigenvalue weighted by Gasteiger charge is -2.19. The van der Waals surface area contributed by atoms with Crippen LogP contribution >= 0.6 is 0 Å². The Kier molecular flexibility index (Phi) is 8.72. The summed E-state index contributed by atoms with van der Waals surface area (Å²) in [6, 6.07) is 21.6. The van der Waals surface area contributed by atoms with Crippen molar-refractivity contribution in [2.75, 3.05) is 0 Å². The van der Waals surface area contributed by atoms with Crippen LogP contribution in [0.2, 0.25) is 0 Å². The van der Waals surface area contributed by atoms with Gasteiger partial charge in [0.15, 0.2) is 0 Å². The summed E-state index contributed by atoms with van der Waals surface area (Å²) in [6.45, 7) is 0. The molecule has 0 saturated carbocycles. The van der Waals surface area contributed by atoms with Crippen LogP contribution in [0.1, 0.15) is 38.9 Å². The molecule has 0 aliphatic carbocycles. The highest BCUT2D eigenvalue weighted by Gasteiger charge is 2.36. The van der Waals surface area contributed by atoms with Gasteiger partial charge in [-0.1, -0.05) is 0 Å². The van der Waals surface area contributed by atoms with Crippen LogP contribution in [0.3, 0.4) is 0 Å². The fraction of sp³-hybridized carbons (Fsp3) is 0.0930. The number of nitrogens with zero attached hydrogens (tertiary/aromatic N) is 5. The molecule has 0 radical (unpaired) electrons. The molecule has 0 amide bonds. The summed E-state index contributed by atoms with van der Waals surface area (Å²) in [5.74, 6) is 0. The van der Waals surface area contributed by atoms with E-state index in [4.69, 9.17) is 0 Å². The van der Waals surface area contributed by atoms with Gasteiger partial charge >= 0.3 is 24.7 Å². The molecule has 0 aliphatic rings. The molecule has 5 nitrogen and oxygen atoms in total. The molecule has 2 aromatic heterocycles.